The minimum absolute atomic E-state index is 0.0962. The molecule has 2 aliphatic rings. The van der Waals surface area contributed by atoms with Gasteiger partial charge in [0.2, 0.25) is 5.91 Å². The number of carbonyl (C=O) groups excluding carboxylic acids is 1. The van der Waals surface area contributed by atoms with Crippen LogP contribution in [0.2, 0.25) is 0 Å². The van der Waals surface area contributed by atoms with Crippen molar-refractivity contribution in [2.45, 2.75) is 43.6 Å². The van der Waals surface area contributed by atoms with E-state index < -0.39 is 0 Å². The van der Waals surface area contributed by atoms with Gasteiger partial charge in [0.05, 0.1) is 18.4 Å². The lowest BCUT2D eigenvalue weighted by Gasteiger charge is -2.28. The molecule has 1 saturated heterocycles. The molecule has 1 amide bonds. The van der Waals surface area contributed by atoms with Gasteiger partial charge >= 0.3 is 0 Å². The smallest absolute Gasteiger partial charge is 0.233 e. The molecule has 1 unspecified atom stereocenters. The molecular weight excluding hydrogens is 427 g/mol. The molecule has 2 aromatic carbocycles. The predicted octanol–water partition coefficient (Wildman–Crippen LogP) is 3.94. The molecule has 1 fully saturated rings. The number of ether oxygens (including phenoxy) is 1. The first-order valence-electron chi connectivity index (χ1n) is 11.0. The van der Waals surface area contributed by atoms with E-state index in [2.05, 4.69) is 22.3 Å². The monoisotopic (exact) mass is 452 g/mol. The SMILES string of the molecule is O=C(CSc1nnc(-c2ccc(F)cc2)n1CC1CCCO1)N1CCc2ccccc2C1. The van der Waals surface area contributed by atoms with Gasteiger partial charge < -0.3 is 9.64 Å². The lowest BCUT2D eigenvalue weighted by molar-refractivity contribution is -0.129. The number of amides is 1. The summed E-state index contributed by atoms with van der Waals surface area (Å²) in [5.74, 6) is 0.777. The van der Waals surface area contributed by atoms with Crippen LogP contribution in [-0.4, -0.2) is 50.6 Å². The Bertz CT molecular complexity index is 1100. The first-order chi connectivity index (χ1) is 15.7. The zero-order chi connectivity index (χ0) is 21.9. The number of hydrogen-bond acceptors (Lipinski definition) is 5. The largest absolute Gasteiger partial charge is 0.376 e. The molecule has 8 heteroatoms. The van der Waals surface area contributed by atoms with Crippen LogP contribution in [0.1, 0.15) is 24.0 Å². The standard InChI is InChI=1S/C24H25FN4O2S/c25-20-9-7-18(8-10-20)23-26-27-24(29(23)15-21-6-3-13-31-21)32-16-22(30)28-12-11-17-4-1-2-5-19(17)14-28/h1-2,4-5,7-10,21H,3,6,11-16H2. The average Bonchev–Trinajstić information content (AvgIpc) is 3.48. The van der Waals surface area contributed by atoms with Crippen molar-refractivity contribution in [3.8, 4) is 11.4 Å². The summed E-state index contributed by atoms with van der Waals surface area (Å²) in [4.78, 5) is 14.8. The molecule has 6 nitrogen and oxygen atoms in total. The molecule has 0 N–H and O–H groups in total. The lowest BCUT2D eigenvalue weighted by atomic mass is 10.00. The van der Waals surface area contributed by atoms with Crippen molar-refractivity contribution in [1.82, 2.24) is 19.7 Å². The van der Waals surface area contributed by atoms with Crippen molar-refractivity contribution < 1.29 is 13.9 Å². The maximum atomic E-state index is 13.4. The van der Waals surface area contributed by atoms with E-state index in [0.717, 1.165) is 38.0 Å². The van der Waals surface area contributed by atoms with E-state index in [0.29, 0.717) is 29.8 Å². The number of thioether (sulfide) groups is 1. The van der Waals surface area contributed by atoms with Gasteiger partial charge in [-0.05, 0) is 54.7 Å². The van der Waals surface area contributed by atoms with Gasteiger partial charge in [-0.2, -0.15) is 0 Å². The van der Waals surface area contributed by atoms with Gasteiger partial charge in [-0.1, -0.05) is 36.0 Å². The Morgan fingerprint density at radius 2 is 1.94 bits per heavy atom. The van der Waals surface area contributed by atoms with Crippen molar-refractivity contribution in [2.24, 2.45) is 0 Å². The van der Waals surface area contributed by atoms with Gasteiger partial charge in [0.1, 0.15) is 5.82 Å². The van der Waals surface area contributed by atoms with E-state index in [-0.39, 0.29) is 17.8 Å². The van der Waals surface area contributed by atoms with Gasteiger partial charge in [-0.15, -0.1) is 10.2 Å². The number of rotatable bonds is 6. The fourth-order valence-electron chi connectivity index (χ4n) is 4.29. The zero-order valence-corrected chi connectivity index (χ0v) is 18.6. The van der Waals surface area contributed by atoms with E-state index in [9.17, 15) is 9.18 Å². The van der Waals surface area contributed by atoms with Gasteiger partial charge in [0.25, 0.3) is 0 Å². The lowest BCUT2D eigenvalue weighted by Crippen LogP contribution is -2.37. The Morgan fingerprint density at radius 3 is 2.72 bits per heavy atom. The second-order valence-corrected chi connectivity index (χ2v) is 9.12. The summed E-state index contributed by atoms with van der Waals surface area (Å²) in [5, 5.41) is 9.42. The number of carbonyl (C=O) groups is 1. The maximum Gasteiger partial charge on any atom is 0.233 e. The Kier molecular flexibility index (Phi) is 6.23. The van der Waals surface area contributed by atoms with Crippen molar-refractivity contribution in [2.75, 3.05) is 18.9 Å². The molecule has 1 aromatic heterocycles. The zero-order valence-electron chi connectivity index (χ0n) is 17.7. The summed E-state index contributed by atoms with van der Waals surface area (Å²) in [7, 11) is 0. The van der Waals surface area contributed by atoms with E-state index in [1.165, 1.54) is 35.0 Å². The molecule has 3 heterocycles. The van der Waals surface area contributed by atoms with Gasteiger partial charge in [0.15, 0.2) is 11.0 Å². The van der Waals surface area contributed by atoms with Crippen molar-refractivity contribution in [3.05, 3.63) is 65.5 Å². The normalized spacial score (nSPS) is 18.0. The number of nitrogens with zero attached hydrogens (tertiary/aromatic N) is 4. The molecule has 2 aliphatic heterocycles. The Labute approximate surface area is 190 Å². The Hall–Kier alpha value is -2.71. The van der Waals surface area contributed by atoms with Crippen LogP contribution in [0.4, 0.5) is 4.39 Å². The summed E-state index contributed by atoms with van der Waals surface area (Å²) in [6.07, 6.45) is 3.00. The third-order valence-corrected chi connectivity index (χ3v) is 6.99. The number of fused-ring (bicyclic) bond motifs is 1. The third kappa shape index (κ3) is 4.56. The topological polar surface area (TPSA) is 60.3 Å². The fourth-order valence-corrected chi connectivity index (χ4v) is 5.14. The fraction of sp³-hybridized carbons (Fsp3) is 0.375. The van der Waals surface area contributed by atoms with Gasteiger partial charge in [0, 0.05) is 25.3 Å². The van der Waals surface area contributed by atoms with E-state index in [4.69, 9.17) is 4.74 Å². The molecular formula is C24H25FN4O2S. The summed E-state index contributed by atoms with van der Waals surface area (Å²) in [5.41, 5.74) is 3.34. The summed E-state index contributed by atoms with van der Waals surface area (Å²) in [6, 6.07) is 14.5. The Balaban J connectivity index is 1.31. The van der Waals surface area contributed by atoms with Crippen LogP contribution in [0.25, 0.3) is 11.4 Å². The van der Waals surface area contributed by atoms with Crippen LogP contribution >= 0.6 is 11.8 Å². The van der Waals surface area contributed by atoms with E-state index in [1.807, 2.05) is 21.6 Å². The van der Waals surface area contributed by atoms with Gasteiger partial charge in [-0.25, -0.2) is 4.39 Å². The molecule has 5 rings (SSSR count). The predicted molar refractivity (Wildman–Crippen MR) is 121 cm³/mol. The van der Waals surface area contributed by atoms with E-state index in [1.54, 1.807) is 12.1 Å². The van der Waals surface area contributed by atoms with Crippen molar-refractivity contribution >= 4 is 17.7 Å². The number of halogens is 1. The van der Waals surface area contributed by atoms with Crippen LogP contribution in [0.15, 0.2) is 53.7 Å². The second-order valence-electron chi connectivity index (χ2n) is 8.18. The first-order valence-corrected chi connectivity index (χ1v) is 11.9. The molecule has 1 atom stereocenters. The third-order valence-electron chi connectivity index (χ3n) is 6.04. The maximum absolute atomic E-state index is 13.4. The summed E-state index contributed by atoms with van der Waals surface area (Å²) >= 11 is 1.40. The van der Waals surface area contributed by atoms with Crippen LogP contribution in [0.3, 0.4) is 0 Å². The van der Waals surface area contributed by atoms with Crippen LogP contribution in [0.5, 0.6) is 0 Å². The Morgan fingerprint density at radius 1 is 1.12 bits per heavy atom. The molecule has 0 aliphatic carbocycles. The average molecular weight is 453 g/mol. The second kappa shape index (κ2) is 9.42. The number of benzene rings is 2. The minimum atomic E-state index is -0.290. The number of aromatic nitrogens is 3. The summed E-state index contributed by atoms with van der Waals surface area (Å²) in [6.45, 7) is 2.77. The molecule has 0 saturated carbocycles. The highest BCUT2D eigenvalue weighted by atomic mass is 32.2. The van der Waals surface area contributed by atoms with Crippen molar-refractivity contribution in [3.63, 3.8) is 0 Å². The van der Waals surface area contributed by atoms with E-state index >= 15 is 0 Å². The van der Waals surface area contributed by atoms with Crippen molar-refractivity contribution in [1.29, 1.82) is 0 Å². The molecule has 0 radical (unpaired) electrons. The molecule has 0 bridgehead atoms. The van der Waals surface area contributed by atoms with Crippen LogP contribution in [0, 0.1) is 5.82 Å². The van der Waals surface area contributed by atoms with Gasteiger partial charge in [-0.3, -0.25) is 9.36 Å². The van der Waals surface area contributed by atoms with Crippen LogP contribution in [-0.2, 0) is 29.0 Å². The highest BCUT2D eigenvalue weighted by molar-refractivity contribution is 7.99. The molecule has 166 valence electrons. The minimum Gasteiger partial charge on any atom is -0.376 e. The number of hydrogen-bond donors (Lipinski definition) is 0. The quantitative estimate of drug-likeness (QED) is 0.530. The summed E-state index contributed by atoms with van der Waals surface area (Å²) < 4.78 is 21.2. The highest BCUT2D eigenvalue weighted by Crippen LogP contribution is 2.27. The van der Waals surface area contributed by atoms with Crippen LogP contribution < -0.4 is 0 Å². The highest BCUT2D eigenvalue weighted by Gasteiger charge is 2.24. The molecule has 3 aromatic rings. The molecule has 32 heavy (non-hydrogen) atoms. The first kappa shape index (κ1) is 21.2. The molecule has 0 spiro atoms.